The maximum atomic E-state index is 9.94. The van der Waals surface area contributed by atoms with E-state index in [-0.39, 0.29) is 5.92 Å². The number of hydrogen-bond acceptors (Lipinski definition) is 3. The van der Waals surface area contributed by atoms with Crippen LogP contribution in [0.4, 0.5) is 0 Å². The van der Waals surface area contributed by atoms with E-state index in [1.807, 2.05) is 0 Å². The van der Waals surface area contributed by atoms with E-state index in [9.17, 15) is 9.90 Å². The van der Waals surface area contributed by atoms with Crippen LogP contribution in [0.15, 0.2) is 0 Å². The second-order valence-corrected chi connectivity index (χ2v) is 3.61. The van der Waals surface area contributed by atoms with E-state index in [1.54, 1.807) is 0 Å². The average Bonchev–Trinajstić information content (AvgIpc) is 2.45. The van der Waals surface area contributed by atoms with Gasteiger partial charge in [-0.2, -0.15) is 0 Å². The zero-order valence-electron chi connectivity index (χ0n) is 6.25. The number of hydrogen-bond donors (Lipinski definition) is 1. The Morgan fingerprint density at radius 1 is 1.55 bits per heavy atom. The first-order valence-corrected chi connectivity index (χ1v) is 4.02. The van der Waals surface area contributed by atoms with Gasteiger partial charge < -0.3 is 9.84 Å². The van der Waals surface area contributed by atoms with Gasteiger partial charge in [-0.25, -0.2) is 4.79 Å². The third-order valence-electron chi connectivity index (χ3n) is 2.98. The lowest BCUT2D eigenvalue weighted by atomic mass is 9.94. The van der Waals surface area contributed by atoms with Gasteiger partial charge in [-0.15, -0.1) is 0 Å². The minimum absolute atomic E-state index is 0.175. The van der Waals surface area contributed by atoms with Gasteiger partial charge in [0.2, 0.25) is 5.79 Å². The van der Waals surface area contributed by atoms with E-state index in [2.05, 4.69) is 4.74 Å². The molecule has 2 bridgehead atoms. The molecule has 3 nitrogen and oxygen atoms in total. The van der Waals surface area contributed by atoms with Crippen molar-refractivity contribution >= 4 is 6.47 Å². The van der Waals surface area contributed by atoms with Crippen molar-refractivity contribution in [3.8, 4) is 0 Å². The molecule has 0 amide bonds. The molecule has 2 saturated carbocycles. The largest absolute Gasteiger partial charge is 0.425 e. The van der Waals surface area contributed by atoms with E-state index in [1.165, 1.54) is 12.9 Å². The fourth-order valence-electron chi connectivity index (χ4n) is 2.45. The molecule has 0 aromatic heterocycles. The van der Waals surface area contributed by atoms with Crippen LogP contribution in [-0.2, 0) is 9.53 Å². The first-order valence-electron chi connectivity index (χ1n) is 4.02. The molecule has 0 saturated heterocycles. The second kappa shape index (κ2) is 2.21. The van der Waals surface area contributed by atoms with Gasteiger partial charge in [0.15, 0.2) is 0 Å². The molecule has 0 aromatic carbocycles. The molecule has 11 heavy (non-hydrogen) atoms. The number of ether oxygens (including phenoxy) is 1. The van der Waals surface area contributed by atoms with E-state index in [0.29, 0.717) is 12.3 Å². The van der Waals surface area contributed by atoms with Crippen LogP contribution in [0.25, 0.3) is 0 Å². The monoisotopic (exact) mass is 155 g/mol. The van der Waals surface area contributed by atoms with Crippen LogP contribution >= 0.6 is 0 Å². The van der Waals surface area contributed by atoms with Crippen LogP contribution in [0, 0.1) is 11.8 Å². The SMILES string of the molecule is O=[C]OC1(O)CC2CCC1C2. The zero-order chi connectivity index (χ0) is 7.90. The first kappa shape index (κ1) is 7.10. The van der Waals surface area contributed by atoms with E-state index >= 15 is 0 Å². The van der Waals surface area contributed by atoms with Gasteiger partial charge in [0, 0.05) is 12.3 Å². The van der Waals surface area contributed by atoms with Gasteiger partial charge in [-0.3, -0.25) is 0 Å². The van der Waals surface area contributed by atoms with Crippen LogP contribution in [0.5, 0.6) is 0 Å². The van der Waals surface area contributed by atoms with Crippen molar-refractivity contribution in [2.45, 2.75) is 31.5 Å². The van der Waals surface area contributed by atoms with Crippen LogP contribution in [0.3, 0.4) is 0 Å². The van der Waals surface area contributed by atoms with Crippen molar-refractivity contribution in [2.24, 2.45) is 11.8 Å². The lowest BCUT2D eigenvalue weighted by Crippen LogP contribution is -2.37. The van der Waals surface area contributed by atoms with Crippen LogP contribution in [0.1, 0.15) is 25.7 Å². The summed E-state index contributed by atoms with van der Waals surface area (Å²) < 4.78 is 4.57. The van der Waals surface area contributed by atoms with Crippen molar-refractivity contribution in [3.05, 3.63) is 0 Å². The molecule has 0 spiro atoms. The standard InChI is InChI=1S/C8H11O3/c9-5-11-8(10)4-6-1-2-7(8)3-6/h6-7,10H,1-4H2. The minimum atomic E-state index is -1.16. The predicted molar refractivity (Wildman–Crippen MR) is 37.2 cm³/mol. The van der Waals surface area contributed by atoms with Crippen molar-refractivity contribution in [3.63, 3.8) is 0 Å². The topological polar surface area (TPSA) is 46.5 Å². The first-order chi connectivity index (χ1) is 5.24. The summed E-state index contributed by atoms with van der Waals surface area (Å²) in [6.07, 6.45) is 3.79. The molecule has 3 heteroatoms. The highest BCUT2D eigenvalue weighted by molar-refractivity contribution is 5.39. The molecular formula is C8H11O3. The lowest BCUT2D eigenvalue weighted by Gasteiger charge is -2.29. The van der Waals surface area contributed by atoms with Gasteiger partial charge in [0.1, 0.15) is 0 Å². The molecule has 1 radical (unpaired) electrons. The molecular weight excluding hydrogens is 144 g/mol. The number of carbonyl (C=O) groups excluding carboxylic acids is 1. The Kier molecular flexibility index (Phi) is 1.42. The quantitative estimate of drug-likeness (QED) is 0.593. The third kappa shape index (κ3) is 0.948. The maximum Gasteiger partial charge on any atom is 0.420 e. The third-order valence-corrected chi connectivity index (χ3v) is 2.98. The van der Waals surface area contributed by atoms with Crippen LogP contribution in [-0.4, -0.2) is 17.4 Å². The second-order valence-electron chi connectivity index (χ2n) is 3.61. The normalized spacial score (nSPS) is 47.7. The summed E-state index contributed by atoms with van der Waals surface area (Å²) in [5, 5.41) is 9.70. The molecule has 2 rings (SSSR count). The average molecular weight is 155 g/mol. The summed E-state index contributed by atoms with van der Waals surface area (Å²) in [5.41, 5.74) is 0. The molecule has 0 aromatic rings. The van der Waals surface area contributed by atoms with E-state index < -0.39 is 5.79 Å². The number of fused-ring (bicyclic) bond motifs is 2. The predicted octanol–water partition coefficient (Wildman–Crippen LogP) is 0.579. The van der Waals surface area contributed by atoms with Gasteiger partial charge in [-0.1, -0.05) is 0 Å². The van der Waals surface area contributed by atoms with Gasteiger partial charge in [-0.05, 0) is 25.2 Å². The smallest absolute Gasteiger partial charge is 0.420 e. The Morgan fingerprint density at radius 2 is 2.36 bits per heavy atom. The van der Waals surface area contributed by atoms with E-state index in [4.69, 9.17) is 0 Å². The molecule has 3 atom stereocenters. The summed E-state index contributed by atoms with van der Waals surface area (Å²) in [6.45, 7) is 1.34. The highest BCUT2D eigenvalue weighted by atomic mass is 16.6. The highest BCUT2D eigenvalue weighted by Gasteiger charge is 2.52. The Morgan fingerprint density at radius 3 is 2.82 bits per heavy atom. The summed E-state index contributed by atoms with van der Waals surface area (Å²) >= 11 is 0. The Bertz CT molecular complexity index is 180. The van der Waals surface area contributed by atoms with Crippen LogP contribution in [0.2, 0.25) is 0 Å². The number of aliphatic hydroxyl groups is 1. The zero-order valence-corrected chi connectivity index (χ0v) is 6.25. The van der Waals surface area contributed by atoms with Gasteiger partial charge >= 0.3 is 6.47 Å². The van der Waals surface area contributed by atoms with Crippen molar-refractivity contribution < 1.29 is 14.6 Å². The van der Waals surface area contributed by atoms with E-state index in [0.717, 1.165) is 12.8 Å². The molecule has 3 unspecified atom stereocenters. The van der Waals surface area contributed by atoms with Crippen molar-refractivity contribution in [2.75, 3.05) is 0 Å². The van der Waals surface area contributed by atoms with Gasteiger partial charge in [0.05, 0.1) is 0 Å². The summed E-state index contributed by atoms with van der Waals surface area (Å²) in [6, 6.07) is 0. The molecule has 0 aliphatic heterocycles. The molecule has 2 aliphatic rings. The Balaban J connectivity index is 2.10. The maximum absolute atomic E-state index is 9.94. The molecule has 0 heterocycles. The highest BCUT2D eigenvalue weighted by Crippen LogP contribution is 2.50. The fourth-order valence-corrected chi connectivity index (χ4v) is 2.45. The molecule has 1 N–H and O–H groups in total. The lowest BCUT2D eigenvalue weighted by molar-refractivity contribution is -0.182. The minimum Gasteiger partial charge on any atom is -0.425 e. The summed E-state index contributed by atoms with van der Waals surface area (Å²) in [4.78, 5) is 9.94. The fraction of sp³-hybridized carbons (Fsp3) is 0.875. The molecule has 2 fully saturated rings. The Hall–Kier alpha value is -0.570. The molecule has 61 valence electrons. The summed E-state index contributed by atoms with van der Waals surface area (Å²) in [5.74, 6) is -0.419. The van der Waals surface area contributed by atoms with Crippen molar-refractivity contribution in [1.82, 2.24) is 0 Å². The van der Waals surface area contributed by atoms with Gasteiger partial charge in [0.25, 0.3) is 0 Å². The summed E-state index contributed by atoms with van der Waals surface area (Å²) in [7, 11) is 0. The van der Waals surface area contributed by atoms with Crippen molar-refractivity contribution in [1.29, 1.82) is 0 Å². The number of rotatable bonds is 2. The van der Waals surface area contributed by atoms with Crippen LogP contribution < -0.4 is 0 Å². The Labute approximate surface area is 65.4 Å². The molecule has 2 aliphatic carbocycles.